The number of hydrogen-bond acceptors (Lipinski definition) is 5. The van der Waals surface area contributed by atoms with Gasteiger partial charge in [0.15, 0.2) is 0 Å². The molecule has 3 N–H and O–H groups in total. The second-order valence-electron chi connectivity index (χ2n) is 7.27. The van der Waals surface area contributed by atoms with Gasteiger partial charge in [-0.05, 0) is 42.5 Å². The van der Waals surface area contributed by atoms with Crippen LogP contribution < -0.4 is 20.1 Å². The number of amides is 2. The fourth-order valence-corrected chi connectivity index (χ4v) is 3.51. The van der Waals surface area contributed by atoms with Gasteiger partial charge in [0, 0.05) is 11.6 Å². The molecule has 0 aliphatic heterocycles. The van der Waals surface area contributed by atoms with E-state index in [1.165, 1.54) is 13.3 Å². The molecule has 2 amide bonds. The number of rotatable bonds is 6. The standard InChI is InChI=1S/C23H15ClF4N4O4/c1-35-19-3-2-13(36-23(26,27)28)7-15(19)22(34)32-18-8-14(16(24)9-17(18)25)21(33)31-12-6-11-4-5-29-20(11)30-10-12/h2-10H,1H3,(H,29,30)(H,31,33)(H,32,34). The van der Waals surface area contributed by atoms with E-state index in [2.05, 4.69) is 25.3 Å². The summed E-state index contributed by atoms with van der Waals surface area (Å²) in [6, 6.07) is 8.04. The Labute approximate surface area is 205 Å². The first-order chi connectivity index (χ1) is 17.0. The van der Waals surface area contributed by atoms with Gasteiger partial charge in [0.05, 0.1) is 40.8 Å². The highest BCUT2D eigenvalue weighted by Crippen LogP contribution is 2.30. The number of ether oxygens (including phenoxy) is 2. The van der Waals surface area contributed by atoms with Crippen LogP contribution in [0.5, 0.6) is 11.5 Å². The highest BCUT2D eigenvalue weighted by molar-refractivity contribution is 6.34. The molecule has 4 rings (SSSR count). The third-order valence-electron chi connectivity index (χ3n) is 4.86. The first kappa shape index (κ1) is 24.8. The summed E-state index contributed by atoms with van der Waals surface area (Å²) in [5.74, 6) is -3.50. The lowest BCUT2D eigenvalue weighted by Crippen LogP contribution is -2.19. The summed E-state index contributed by atoms with van der Waals surface area (Å²) in [5.41, 5.74) is -0.0469. The molecule has 2 heterocycles. The normalized spacial score (nSPS) is 11.3. The number of H-pyrrole nitrogens is 1. The number of pyridine rings is 1. The molecule has 186 valence electrons. The quantitative estimate of drug-likeness (QED) is 0.279. The molecule has 0 aliphatic rings. The summed E-state index contributed by atoms with van der Waals surface area (Å²) in [7, 11) is 1.20. The van der Waals surface area contributed by atoms with Crippen molar-refractivity contribution in [2.24, 2.45) is 0 Å². The number of aromatic amines is 1. The highest BCUT2D eigenvalue weighted by atomic mass is 35.5. The van der Waals surface area contributed by atoms with Crippen molar-refractivity contribution < 1.29 is 36.6 Å². The highest BCUT2D eigenvalue weighted by Gasteiger charge is 2.31. The first-order valence-corrected chi connectivity index (χ1v) is 10.4. The third-order valence-corrected chi connectivity index (χ3v) is 5.17. The van der Waals surface area contributed by atoms with Gasteiger partial charge in [0.25, 0.3) is 11.8 Å². The average Bonchev–Trinajstić information content (AvgIpc) is 3.27. The monoisotopic (exact) mass is 522 g/mol. The van der Waals surface area contributed by atoms with Crippen LogP contribution in [0.4, 0.5) is 28.9 Å². The third kappa shape index (κ3) is 5.49. The second-order valence-corrected chi connectivity index (χ2v) is 7.68. The van der Waals surface area contributed by atoms with Gasteiger partial charge < -0.3 is 25.1 Å². The van der Waals surface area contributed by atoms with Crippen molar-refractivity contribution in [3.63, 3.8) is 0 Å². The van der Waals surface area contributed by atoms with Crippen LogP contribution in [0.15, 0.2) is 54.9 Å². The minimum atomic E-state index is -4.99. The van der Waals surface area contributed by atoms with Crippen molar-refractivity contribution in [3.8, 4) is 11.5 Å². The molecule has 13 heteroatoms. The lowest BCUT2D eigenvalue weighted by molar-refractivity contribution is -0.274. The number of carbonyl (C=O) groups is 2. The molecule has 2 aromatic carbocycles. The van der Waals surface area contributed by atoms with Gasteiger partial charge in [-0.2, -0.15) is 0 Å². The van der Waals surface area contributed by atoms with Crippen molar-refractivity contribution >= 4 is 45.8 Å². The summed E-state index contributed by atoms with van der Waals surface area (Å²) in [6.07, 6.45) is -1.91. The molecular formula is C23H15ClF4N4O4. The molecule has 0 saturated heterocycles. The predicted octanol–water partition coefficient (Wildman–Crippen LogP) is 5.77. The first-order valence-electron chi connectivity index (χ1n) is 10.0. The van der Waals surface area contributed by atoms with Crippen LogP contribution in [0.25, 0.3) is 11.0 Å². The number of nitrogens with one attached hydrogen (secondary N) is 3. The Morgan fingerprint density at radius 1 is 1.03 bits per heavy atom. The number of aromatic nitrogens is 2. The maximum atomic E-state index is 14.6. The summed E-state index contributed by atoms with van der Waals surface area (Å²) in [6.45, 7) is 0. The van der Waals surface area contributed by atoms with Crippen molar-refractivity contribution in [1.82, 2.24) is 9.97 Å². The van der Waals surface area contributed by atoms with Crippen LogP contribution in [0.3, 0.4) is 0 Å². The number of alkyl halides is 3. The van der Waals surface area contributed by atoms with E-state index in [1.54, 1.807) is 18.3 Å². The van der Waals surface area contributed by atoms with E-state index in [9.17, 15) is 27.2 Å². The maximum Gasteiger partial charge on any atom is 0.573 e. The minimum Gasteiger partial charge on any atom is -0.496 e. The zero-order valence-electron chi connectivity index (χ0n) is 18.2. The molecule has 0 unspecified atom stereocenters. The molecule has 36 heavy (non-hydrogen) atoms. The summed E-state index contributed by atoms with van der Waals surface area (Å²) >= 11 is 6.05. The van der Waals surface area contributed by atoms with E-state index in [0.717, 1.165) is 35.7 Å². The van der Waals surface area contributed by atoms with Crippen LogP contribution in [-0.4, -0.2) is 35.3 Å². The lowest BCUT2D eigenvalue weighted by atomic mass is 10.1. The molecule has 0 radical (unpaired) electrons. The predicted molar refractivity (Wildman–Crippen MR) is 123 cm³/mol. The van der Waals surface area contributed by atoms with E-state index in [4.69, 9.17) is 16.3 Å². The molecule has 0 fully saturated rings. The van der Waals surface area contributed by atoms with Gasteiger partial charge in [-0.3, -0.25) is 9.59 Å². The van der Waals surface area contributed by atoms with Gasteiger partial charge in [-0.25, -0.2) is 9.37 Å². The number of fused-ring (bicyclic) bond motifs is 1. The number of benzene rings is 2. The van der Waals surface area contributed by atoms with Gasteiger partial charge in [-0.15, -0.1) is 13.2 Å². The fourth-order valence-electron chi connectivity index (χ4n) is 3.28. The zero-order valence-corrected chi connectivity index (χ0v) is 18.9. The second kappa shape index (κ2) is 9.74. The summed E-state index contributed by atoms with van der Waals surface area (Å²) < 4.78 is 61.1. The molecule has 0 aliphatic carbocycles. The number of methoxy groups -OCH3 is 1. The number of anilines is 2. The van der Waals surface area contributed by atoms with Gasteiger partial charge in [0.1, 0.15) is 23.0 Å². The maximum absolute atomic E-state index is 14.6. The lowest BCUT2D eigenvalue weighted by Gasteiger charge is -2.14. The topological polar surface area (TPSA) is 105 Å². The van der Waals surface area contributed by atoms with E-state index >= 15 is 0 Å². The number of carbonyl (C=O) groups excluding carboxylic acids is 2. The van der Waals surface area contributed by atoms with Gasteiger partial charge in [0.2, 0.25) is 0 Å². The van der Waals surface area contributed by atoms with Crippen LogP contribution in [0, 0.1) is 5.82 Å². The molecular weight excluding hydrogens is 508 g/mol. The Balaban J connectivity index is 1.59. The van der Waals surface area contributed by atoms with Crippen molar-refractivity contribution in [2.45, 2.75) is 6.36 Å². The summed E-state index contributed by atoms with van der Waals surface area (Å²) in [4.78, 5) is 32.6. The Kier molecular flexibility index (Phi) is 6.71. The SMILES string of the molecule is COc1ccc(OC(F)(F)F)cc1C(=O)Nc1cc(C(=O)Nc2cnc3[nH]ccc3c2)c(Cl)cc1F. The van der Waals surface area contributed by atoms with Crippen LogP contribution >= 0.6 is 11.6 Å². The molecule has 0 saturated carbocycles. The zero-order chi connectivity index (χ0) is 26.0. The molecule has 0 spiro atoms. The number of halogens is 5. The smallest absolute Gasteiger partial charge is 0.496 e. The molecule has 4 aromatic rings. The molecule has 8 nitrogen and oxygen atoms in total. The van der Waals surface area contributed by atoms with E-state index < -0.39 is 35.4 Å². The molecule has 2 aromatic heterocycles. The van der Waals surface area contributed by atoms with E-state index in [1.807, 2.05) is 0 Å². The Morgan fingerprint density at radius 2 is 1.78 bits per heavy atom. The summed E-state index contributed by atoms with van der Waals surface area (Å²) in [5, 5.41) is 5.29. The Morgan fingerprint density at radius 3 is 2.50 bits per heavy atom. The van der Waals surface area contributed by atoms with Gasteiger partial charge in [-0.1, -0.05) is 11.6 Å². The average molecular weight is 523 g/mol. The van der Waals surface area contributed by atoms with Crippen LogP contribution in [0.1, 0.15) is 20.7 Å². The van der Waals surface area contributed by atoms with E-state index in [-0.39, 0.29) is 21.9 Å². The number of hydrogen-bond donors (Lipinski definition) is 3. The molecule has 0 bridgehead atoms. The van der Waals surface area contributed by atoms with E-state index in [0.29, 0.717) is 11.3 Å². The van der Waals surface area contributed by atoms with Gasteiger partial charge >= 0.3 is 6.36 Å². The van der Waals surface area contributed by atoms with Crippen molar-refractivity contribution in [1.29, 1.82) is 0 Å². The minimum absolute atomic E-state index is 0.0954. The number of nitrogens with zero attached hydrogens (tertiary/aromatic N) is 1. The Hall–Kier alpha value is -4.32. The van der Waals surface area contributed by atoms with Crippen LogP contribution in [0.2, 0.25) is 5.02 Å². The fraction of sp³-hybridized carbons (Fsp3) is 0.0870. The Bertz CT molecular complexity index is 1470. The van der Waals surface area contributed by atoms with Crippen molar-refractivity contribution in [2.75, 3.05) is 17.7 Å². The molecule has 0 atom stereocenters. The largest absolute Gasteiger partial charge is 0.573 e. The van der Waals surface area contributed by atoms with Crippen LogP contribution in [-0.2, 0) is 0 Å². The van der Waals surface area contributed by atoms with Crippen molar-refractivity contribution in [3.05, 3.63) is 76.8 Å².